The molecule has 0 aromatic carbocycles. The van der Waals surface area contributed by atoms with Gasteiger partial charge >= 0.3 is 0 Å². The number of amides is 1. The van der Waals surface area contributed by atoms with Crippen LogP contribution in [0.1, 0.15) is 43.8 Å². The van der Waals surface area contributed by atoms with Crippen LogP contribution in [-0.4, -0.2) is 58.4 Å². The summed E-state index contributed by atoms with van der Waals surface area (Å²) >= 11 is 0. The van der Waals surface area contributed by atoms with Crippen molar-refractivity contribution < 1.29 is 4.79 Å². The first kappa shape index (κ1) is 13.6. The van der Waals surface area contributed by atoms with Crippen molar-refractivity contribution in [3.8, 4) is 0 Å². The summed E-state index contributed by atoms with van der Waals surface area (Å²) in [5.41, 5.74) is 0. The van der Waals surface area contributed by atoms with Crippen molar-refractivity contribution in [2.75, 3.05) is 26.2 Å². The molecule has 2 fully saturated rings. The first-order valence-corrected chi connectivity index (χ1v) is 7.81. The van der Waals surface area contributed by atoms with Crippen LogP contribution in [0.15, 0.2) is 12.4 Å². The maximum atomic E-state index is 10.8. The van der Waals surface area contributed by atoms with Crippen molar-refractivity contribution in [2.45, 2.75) is 44.1 Å². The number of piperazine rings is 1. The van der Waals surface area contributed by atoms with Crippen LogP contribution < -0.4 is 0 Å². The van der Waals surface area contributed by atoms with E-state index in [1.54, 1.807) is 0 Å². The van der Waals surface area contributed by atoms with Gasteiger partial charge in [-0.25, -0.2) is 4.98 Å². The number of nitrogens with one attached hydrogen (secondary N) is 1. The summed E-state index contributed by atoms with van der Waals surface area (Å²) in [5.74, 6) is 1.67. The summed E-state index contributed by atoms with van der Waals surface area (Å²) in [6, 6.07) is 0.581. The molecule has 110 valence electrons. The molecule has 1 aliphatic carbocycles. The fourth-order valence-electron chi connectivity index (χ4n) is 3.70. The van der Waals surface area contributed by atoms with Gasteiger partial charge in [-0.05, 0) is 12.8 Å². The Morgan fingerprint density at radius 2 is 1.95 bits per heavy atom. The summed E-state index contributed by atoms with van der Waals surface area (Å²) in [6.07, 6.45) is 11.2. The molecule has 1 saturated heterocycles. The largest absolute Gasteiger partial charge is 0.348 e. The van der Waals surface area contributed by atoms with E-state index in [1.807, 2.05) is 17.3 Å². The van der Waals surface area contributed by atoms with E-state index in [4.69, 9.17) is 0 Å². The predicted octanol–water partition coefficient (Wildman–Crippen LogP) is 1.60. The maximum Gasteiger partial charge on any atom is 0.209 e. The van der Waals surface area contributed by atoms with Gasteiger partial charge in [0.2, 0.25) is 6.41 Å². The molecule has 1 N–H and O–H groups in total. The number of aromatic nitrogens is 2. The topological polar surface area (TPSA) is 52.2 Å². The smallest absolute Gasteiger partial charge is 0.209 e. The zero-order chi connectivity index (χ0) is 13.8. The van der Waals surface area contributed by atoms with E-state index in [-0.39, 0.29) is 0 Å². The lowest BCUT2D eigenvalue weighted by atomic mass is 9.92. The summed E-state index contributed by atoms with van der Waals surface area (Å²) in [6.45, 7) is 3.73. The minimum absolute atomic E-state index is 0.523. The third kappa shape index (κ3) is 2.87. The van der Waals surface area contributed by atoms with Gasteiger partial charge in [-0.1, -0.05) is 19.3 Å². The highest BCUT2D eigenvalue weighted by molar-refractivity contribution is 5.47. The van der Waals surface area contributed by atoms with E-state index < -0.39 is 0 Å². The maximum absolute atomic E-state index is 10.8. The number of aromatic amines is 1. The van der Waals surface area contributed by atoms with Crippen LogP contribution in [0.25, 0.3) is 0 Å². The quantitative estimate of drug-likeness (QED) is 0.674. The van der Waals surface area contributed by atoms with Gasteiger partial charge in [-0.15, -0.1) is 0 Å². The Morgan fingerprint density at radius 1 is 1.15 bits per heavy atom. The second-order valence-corrected chi connectivity index (χ2v) is 5.96. The highest BCUT2D eigenvalue weighted by Crippen LogP contribution is 2.33. The average Bonchev–Trinajstić information content (AvgIpc) is 2.92. The fourth-order valence-corrected chi connectivity index (χ4v) is 3.70. The molecule has 3 rings (SSSR count). The van der Waals surface area contributed by atoms with Crippen LogP contribution in [0.4, 0.5) is 0 Å². The molecule has 1 aromatic rings. The number of nitrogens with zero attached hydrogens (tertiary/aromatic N) is 3. The Bertz CT molecular complexity index is 412. The van der Waals surface area contributed by atoms with Crippen LogP contribution in [0.2, 0.25) is 0 Å². The zero-order valence-corrected chi connectivity index (χ0v) is 12.0. The van der Waals surface area contributed by atoms with Gasteiger partial charge in [0.1, 0.15) is 5.82 Å². The Kier molecular flexibility index (Phi) is 4.35. The second kappa shape index (κ2) is 6.39. The van der Waals surface area contributed by atoms with Gasteiger partial charge < -0.3 is 9.88 Å². The Labute approximate surface area is 120 Å². The van der Waals surface area contributed by atoms with E-state index in [1.165, 1.54) is 32.1 Å². The number of H-pyrrole nitrogens is 1. The van der Waals surface area contributed by atoms with Gasteiger partial charge in [-0.3, -0.25) is 9.69 Å². The van der Waals surface area contributed by atoms with Crippen LogP contribution in [0.3, 0.4) is 0 Å². The minimum Gasteiger partial charge on any atom is -0.348 e. The Hall–Kier alpha value is -1.36. The average molecular weight is 276 g/mol. The monoisotopic (exact) mass is 276 g/mol. The lowest BCUT2D eigenvalue weighted by molar-refractivity contribution is -0.120. The normalized spacial score (nSPS) is 29.1. The zero-order valence-electron chi connectivity index (χ0n) is 12.0. The second-order valence-electron chi connectivity index (χ2n) is 5.96. The van der Waals surface area contributed by atoms with Gasteiger partial charge in [0.15, 0.2) is 0 Å². The lowest BCUT2D eigenvalue weighted by Gasteiger charge is -2.40. The van der Waals surface area contributed by atoms with Crippen molar-refractivity contribution in [1.82, 2.24) is 19.8 Å². The highest BCUT2D eigenvalue weighted by atomic mass is 16.1. The standard InChI is InChI=1S/C15H24N4O/c20-12-18-8-10-19(11-9-18)14-5-3-1-2-4-13(14)15-16-6-7-17-15/h6-7,12-14H,1-5,8-11H2,(H,16,17). The number of imidazole rings is 1. The molecule has 5 nitrogen and oxygen atoms in total. The molecule has 2 aliphatic rings. The molecule has 0 radical (unpaired) electrons. The molecule has 1 saturated carbocycles. The number of hydrogen-bond donors (Lipinski definition) is 1. The molecule has 2 unspecified atom stereocenters. The minimum atomic E-state index is 0.523. The van der Waals surface area contributed by atoms with E-state index in [0.717, 1.165) is 38.4 Å². The highest BCUT2D eigenvalue weighted by Gasteiger charge is 2.32. The lowest BCUT2D eigenvalue weighted by Crippen LogP contribution is -2.51. The molecule has 5 heteroatoms. The molecule has 1 aromatic heterocycles. The molecule has 0 spiro atoms. The Morgan fingerprint density at radius 3 is 2.65 bits per heavy atom. The van der Waals surface area contributed by atoms with E-state index in [0.29, 0.717) is 12.0 Å². The van der Waals surface area contributed by atoms with Crippen LogP contribution >= 0.6 is 0 Å². The Balaban J connectivity index is 1.72. The SMILES string of the molecule is O=CN1CCN(C2CCCCCC2c2ncc[nH]2)CC1. The molecule has 2 heterocycles. The molecule has 1 aliphatic heterocycles. The van der Waals surface area contributed by atoms with Gasteiger partial charge in [-0.2, -0.15) is 0 Å². The number of hydrogen-bond acceptors (Lipinski definition) is 3. The summed E-state index contributed by atoms with van der Waals surface area (Å²) in [7, 11) is 0. The molecule has 0 bridgehead atoms. The fraction of sp³-hybridized carbons (Fsp3) is 0.733. The first-order valence-electron chi connectivity index (χ1n) is 7.81. The van der Waals surface area contributed by atoms with Crippen molar-refractivity contribution in [1.29, 1.82) is 0 Å². The van der Waals surface area contributed by atoms with Crippen LogP contribution in [0, 0.1) is 0 Å². The summed E-state index contributed by atoms with van der Waals surface area (Å²) < 4.78 is 0. The molecular formula is C15H24N4O. The first-order chi connectivity index (χ1) is 9.88. The van der Waals surface area contributed by atoms with E-state index in [9.17, 15) is 4.79 Å². The number of rotatable bonds is 3. The number of carbonyl (C=O) groups excluding carboxylic acids is 1. The summed E-state index contributed by atoms with van der Waals surface area (Å²) in [5, 5.41) is 0. The molecule has 2 atom stereocenters. The van der Waals surface area contributed by atoms with Gasteiger partial charge in [0.25, 0.3) is 0 Å². The van der Waals surface area contributed by atoms with E-state index >= 15 is 0 Å². The van der Waals surface area contributed by atoms with Crippen LogP contribution in [-0.2, 0) is 4.79 Å². The van der Waals surface area contributed by atoms with Crippen molar-refractivity contribution in [3.63, 3.8) is 0 Å². The van der Waals surface area contributed by atoms with E-state index in [2.05, 4.69) is 14.9 Å². The van der Waals surface area contributed by atoms with Gasteiger partial charge in [0, 0.05) is 50.5 Å². The molecular weight excluding hydrogens is 252 g/mol. The third-order valence-electron chi connectivity index (χ3n) is 4.82. The summed E-state index contributed by atoms with van der Waals surface area (Å²) in [4.78, 5) is 23.1. The van der Waals surface area contributed by atoms with Crippen molar-refractivity contribution in [2.24, 2.45) is 0 Å². The predicted molar refractivity (Wildman–Crippen MR) is 77.4 cm³/mol. The number of carbonyl (C=O) groups is 1. The molecule has 1 amide bonds. The third-order valence-corrected chi connectivity index (χ3v) is 4.82. The van der Waals surface area contributed by atoms with Crippen molar-refractivity contribution >= 4 is 6.41 Å². The van der Waals surface area contributed by atoms with Gasteiger partial charge in [0.05, 0.1) is 0 Å². The van der Waals surface area contributed by atoms with Crippen molar-refractivity contribution in [3.05, 3.63) is 18.2 Å². The molecule has 20 heavy (non-hydrogen) atoms. The van der Waals surface area contributed by atoms with Crippen LogP contribution in [0.5, 0.6) is 0 Å².